The van der Waals surface area contributed by atoms with Gasteiger partial charge in [-0.3, -0.25) is 9.69 Å². The van der Waals surface area contributed by atoms with E-state index in [1.807, 2.05) is 0 Å². The van der Waals surface area contributed by atoms with Gasteiger partial charge in [0.2, 0.25) is 0 Å². The standard InChI is InChI=1S/C15H17F2N5O/c1-19-15(23)14-11-5-21(2)10(6-22(11)7-20-14)12-8(16)3-4-9(18)13(12)17/h3-4,7,10H,5-6,18H2,1-2H3,(H,19,23). The van der Waals surface area contributed by atoms with Crippen molar-refractivity contribution in [3.05, 3.63) is 47.0 Å². The molecule has 1 aliphatic rings. The Balaban J connectivity index is 2.02. The molecule has 1 aliphatic heterocycles. The third-order valence-corrected chi connectivity index (χ3v) is 4.18. The molecule has 1 amide bonds. The molecule has 122 valence electrons. The molecule has 6 nitrogen and oxygen atoms in total. The smallest absolute Gasteiger partial charge is 0.271 e. The maximum Gasteiger partial charge on any atom is 0.271 e. The van der Waals surface area contributed by atoms with Gasteiger partial charge in [0.05, 0.1) is 23.8 Å². The summed E-state index contributed by atoms with van der Waals surface area (Å²) < 4.78 is 30.2. The van der Waals surface area contributed by atoms with Gasteiger partial charge in [0, 0.05) is 25.7 Å². The Kier molecular flexibility index (Phi) is 3.77. The summed E-state index contributed by atoms with van der Waals surface area (Å²) in [7, 11) is 3.28. The van der Waals surface area contributed by atoms with Crippen LogP contribution in [0.1, 0.15) is 27.8 Å². The average molecular weight is 321 g/mol. The summed E-state index contributed by atoms with van der Waals surface area (Å²) in [6.07, 6.45) is 1.52. The van der Waals surface area contributed by atoms with Gasteiger partial charge in [-0.15, -0.1) is 0 Å². The van der Waals surface area contributed by atoms with Crippen LogP contribution in [0.4, 0.5) is 14.5 Å². The van der Waals surface area contributed by atoms with E-state index in [9.17, 15) is 13.6 Å². The summed E-state index contributed by atoms with van der Waals surface area (Å²) in [6, 6.07) is 1.85. The summed E-state index contributed by atoms with van der Waals surface area (Å²) in [5.74, 6) is -1.66. The Morgan fingerprint density at radius 3 is 2.87 bits per heavy atom. The highest BCUT2D eigenvalue weighted by Gasteiger charge is 2.32. The second-order valence-electron chi connectivity index (χ2n) is 5.57. The summed E-state index contributed by atoms with van der Waals surface area (Å²) in [5, 5.41) is 2.53. The van der Waals surface area contributed by atoms with Crippen LogP contribution >= 0.6 is 0 Å². The molecule has 8 heteroatoms. The first-order valence-corrected chi connectivity index (χ1v) is 7.13. The first-order chi connectivity index (χ1) is 10.9. The van der Waals surface area contributed by atoms with Crippen LogP contribution in [0.25, 0.3) is 0 Å². The summed E-state index contributed by atoms with van der Waals surface area (Å²) in [5.41, 5.74) is 6.46. The van der Waals surface area contributed by atoms with Crippen molar-refractivity contribution >= 4 is 11.6 Å². The minimum atomic E-state index is -0.739. The lowest BCUT2D eigenvalue weighted by atomic mass is 10.0. The Morgan fingerprint density at radius 1 is 1.43 bits per heavy atom. The highest BCUT2D eigenvalue weighted by Crippen LogP contribution is 2.34. The van der Waals surface area contributed by atoms with Crippen molar-refractivity contribution in [2.75, 3.05) is 19.8 Å². The normalized spacial score (nSPS) is 17.8. The van der Waals surface area contributed by atoms with E-state index in [-0.39, 0.29) is 23.7 Å². The van der Waals surface area contributed by atoms with Gasteiger partial charge in [-0.2, -0.15) is 0 Å². The van der Waals surface area contributed by atoms with Gasteiger partial charge in [-0.05, 0) is 19.2 Å². The van der Waals surface area contributed by atoms with Crippen molar-refractivity contribution in [1.29, 1.82) is 0 Å². The van der Waals surface area contributed by atoms with Crippen LogP contribution in [0.3, 0.4) is 0 Å². The molecule has 0 saturated carbocycles. The number of fused-ring (bicyclic) bond motifs is 1. The molecule has 2 aromatic rings. The average Bonchev–Trinajstić information content (AvgIpc) is 2.93. The minimum absolute atomic E-state index is 0.0617. The Bertz CT molecular complexity index is 773. The molecule has 0 aliphatic carbocycles. The van der Waals surface area contributed by atoms with Gasteiger partial charge in [0.1, 0.15) is 5.82 Å². The highest BCUT2D eigenvalue weighted by molar-refractivity contribution is 5.93. The fourth-order valence-corrected chi connectivity index (χ4v) is 2.91. The second-order valence-corrected chi connectivity index (χ2v) is 5.57. The molecule has 2 heterocycles. The monoisotopic (exact) mass is 321 g/mol. The lowest BCUT2D eigenvalue weighted by molar-refractivity contribution is 0.0953. The van der Waals surface area contributed by atoms with Crippen molar-refractivity contribution < 1.29 is 13.6 Å². The van der Waals surface area contributed by atoms with Crippen molar-refractivity contribution in [3.63, 3.8) is 0 Å². The van der Waals surface area contributed by atoms with E-state index in [1.165, 1.54) is 25.5 Å². The zero-order valence-corrected chi connectivity index (χ0v) is 12.8. The number of anilines is 1. The number of hydrogen-bond donors (Lipinski definition) is 2. The zero-order valence-electron chi connectivity index (χ0n) is 12.8. The zero-order chi connectivity index (χ0) is 16.7. The van der Waals surface area contributed by atoms with Crippen LogP contribution in [0.5, 0.6) is 0 Å². The van der Waals surface area contributed by atoms with Crippen molar-refractivity contribution in [2.24, 2.45) is 0 Å². The number of halogens is 2. The van der Waals surface area contributed by atoms with Crippen LogP contribution in [0.2, 0.25) is 0 Å². The molecular weight excluding hydrogens is 304 g/mol. The number of carbonyl (C=O) groups excluding carboxylic acids is 1. The van der Waals surface area contributed by atoms with E-state index in [0.717, 1.165) is 0 Å². The van der Waals surface area contributed by atoms with Gasteiger partial charge in [-0.1, -0.05) is 0 Å². The molecule has 23 heavy (non-hydrogen) atoms. The van der Waals surface area contributed by atoms with Gasteiger partial charge in [0.15, 0.2) is 11.5 Å². The van der Waals surface area contributed by atoms with Gasteiger partial charge in [-0.25, -0.2) is 13.8 Å². The van der Waals surface area contributed by atoms with Crippen LogP contribution in [0.15, 0.2) is 18.5 Å². The molecule has 0 fully saturated rings. The first-order valence-electron chi connectivity index (χ1n) is 7.13. The number of likely N-dealkylation sites (N-methyl/N-ethyl adjacent to an activating group) is 1. The molecule has 0 spiro atoms. The fraction of sp³-hybridized carbons (Fsp3) is 0.333. The van der Waals surface area contributed by atoms with E-state index >= 15 is 0 Å². The third kappa shape index (κ3) is 2.44. The van der Waals surface area contributed by atoms with E-state index < -0.39 is 17.7 Å². The van der Waals surface area contributed by atoms with Crippen LogP contribution in [-0.4, -0.2) is 34.5 Å². The fourth-order valence-electron chi connectivity index (χ4n) is 2.91. The number of benzene rings is 1. The van der Waals surface area contributed by atoms with Crippen molar-refractivity contribution in [2.45, 2.75) is 19.1 Å². The van der Waals surface area contributed by atoms with Gasteiger partial charge in [0.25, 0.3) is 5.91 Å². The van der Waals surface area contributed by atoms with E-state index in [4.69, 9.17) is 5.73 Å². The molecule has 1 atom stereocenters. The number of nitrogens with two attached hydrogens (primary N) is 1. The molecule has 0 radical (unpaired) electrons. The van der Waals surface area contributed by atoms with Gasteiger partial charge >= 0.3 is 0 Å². The maximum atomic E-state index is 14.3. The molecule has 3 rings (SSSR count). The SMILES string of the molecule is CNC(=O)c1ncn2c1CN(C)C(c1c(F)ccc(N)c1F)C2. The molecule has 1 unspecified atom stereocenters. The number of nitrogens with one attached hydrogen (secondary N) is 1. The molecule has 1 aromatic carbocycles. The largest absolute Gasteiger partial charge is 0.396 e. The Labute approximate surface area is 131 Å². The number of nitrogens with zero attached hydrogens (tertiary/aromatic N) is 3. The predicted molar refractivity (Wildman–Crippen MR) is 80.6 cm³/mol. The topological polar surface area (TPSA) is 76.2 Å². The van der Waals surface area contributed by atoms with Gasteiger partial charge < -0.3 is 15.6 Å². The number of nitrogen functional groups attached to an aromatic ring is 1. The Hall–Kier alpha value is -2.48. The predicted octanol–water partition coefficient (Wildman–Crippen LogP) is 1.29. The van der Waals surface area contributed by atoms with E-state index in [2.05, 4.69) is 10.3 Å². The number of carbonyl (C=O) groups is 1. The third-order valence-electron chi connectivity index (χ3n) is 4.18. The maximum absolute atomic E-state index is 14.3. The molecule has 3 N–H and O–H groups in total. The number of aromatic nitrogens is 2. The molecular formula is C15H17F2N5O. The number of hydrogen-bond acceptors (Lipinski definition) is 4. The first kappa shape index (κ1) is 15.4. The number of amides is 1. The summed E-state index contributed by atoms with van der Waals surface area (Å²) >= 11 is 0. The van der Waals surface area contributed by atoms with Crippen LogP contribution < -0.4 is 11.1 Å². The lowest BCUT2D eigenvalue weighted by Gasteiger charge is -2.34. The summed E-state index contributed by atoms with van der Waals surface area (Å²) in [6.45, 7) is 0.633. The van der Waals surface area contributed by atoms with Crippen molar-refractivity contribution in [1.82, 2.24) is 19.8 Å². The number of imidazole rings is 1. The minimum Gasteiger partial charge on any atom is -0.396 e. The quantitative estimate of drug-likeness (QED) is 0.817. The highest BCUT2D eigenvalue weighted by atomic mass is 19.1. The Morgan fingerprint density at radius 2 is 2.17 bits per heavy atom. The van der Waals surface area contributed by atoms with E-state index in [0.29, 0.717) is 17.9 Å². The molecule has 0 saturated heterocycles. The van der Waals surface area contributed by atoms with Crippen LogP contribution in [0, 0.1) is 11.6 Å². The van der Waals surface area contributed by atoms with Crippen molar-refractivity contribution in [3.8, 4) is 0 Å². The molecule has 1 aromatic heterocycles. The lowest BCUT2D eigenvalue weighted by Crippen LogP contribution is -2.36. The van der Waals surface area contributed by atoms with Crippen LogP contribution in [-0.2, 0) is 13.1 Å². The van der Waals surface area contributed by atoms with E-state index in [1.54, 1.807) is 16.5 Å². The second kappa shape index (κ2) is 5.62. The molecule has 0 bridgehead atoms. The number of rotatable bonds is 2. The summed E-state index contributed by atoms with van der Waals surface area (Å²) in [4.78, 5) is 17.7.